The van der Waals surface area contributed by atoms with Crippen molar-refractivity contribution in [3.05, 3.63) is 12.3 Å². The van der Waals surface area contributed by atoms with Crippen LogP contribution in [0.1, 0.15) is 83.1 Å². The first-order chi connectivity index (χ1) is 14.6. The summed E-state index contributed by atoms with van der Waals surface area (Å²) in [6.07, 6.45) is 1.47. The van der Waals surface area contributed by atoms with E-state index in [0.717, 1.165) is 0 Å². The van der Waals surface area contributed by atoms with Crippen LogP contribution in [0.15, 0.2) is 12.3 Å². The van der Waals surface area contributed by atoms with E-state index in [1.54, 1.807) is 11.0 Å². The fourth-order valence-corrected chi connectivity index (χ4v) is 10.7. The molecule has 6 nitrogen and oxygen atoms in total. The Hall–Kier alpha value is -0.893. The molecule has 0 aliphatic rings. The van der Waals surface area contributed by atoms with Gasteiger partial charge in [0.2, 0.25) is 8.32 Å². The summed E-state index contributed by atoms with van der Waals surface area (Å²) in [6, 6.07) is 0.0717. The molecule has 1 amide bonds. The fourth-order valence-electron chi connectivity index (χ4n) is 5.09. The lowest BCUT2D eigenvalue weighted by atomic mass is 9.89. The summed E-state index contributed by atoms with van der Waals surface area (Å²) >= 11 is 0. The lowest BCUT2D eigenvalue weighted by Crippen LogP contribution is -2.53. The Labute approximate surface area is 198 Å². The number of ether oxygens (including phenoxy) is 1. The van der Waals surface area contributed by atoms with Crippen LogP contribution in [0.2, 0.25) is 16.6 Å². The summed E-state index contributed by atoms with van der Waals surface area (Å²) in [4.78, 5) is 14.0. The summed E-state index contributed by atoms with van der Waals surface area (Å²) in [5, 5.41) is 21.1. The molecule has 0 unspecified atom stereocenters. The summed E-state index contributed by atoms with van der Waals surface area (Å²) in [6.45, 7) is 24.7. The minimum absolute atomic E-state index is 0.0358. The van der Waals surface area contributed by atoms with Crippen LogP contribution in [0.4, 0.5) is 4.79 Å². The van der Waals surface area contributed by atoms with Crippen LogP contribution in [0, 0.1) is 11.8 Å². The third-order valence-electron chi connectivity index (χ3n) is 6.78. The first-order valence-electron chi connectivity index (χ1n) is 12.3. The van der Waals surface area contributed by atoms with Crippen molar-refractivity contribution >= 4 is 14.4 Å². The minimum Gasteiger partial charge on any atom is -0.418 e. The van der Waals surface area contributed by atoms with Crippen LogP contribution in [0.3, 0.4) is 0 Å². The molecule has 0 saturated carbocycles. The van der Waals surface area contributed by atoms with Gasteiger partial charge in [0.15, 0.2) is 0 Å². The Morgan fingerprint density at radius 3 is 1.66 bits per heavy atom. The van der Waals surface area contributed by atoms with E-state index >= 15 is 0 Å². The van der Waals surface area contributed by atoms with Gasteiger partial charge in [0.05, 0.1) is 25.1 Å². The molecule has 0 aromatic heterocycles. The standard InChI is InChI=1S/C25H51NO5Si/c1-16(2)26(17(3)4)25(29)30-14-13-21(11)24(28)22(12)23(15-27)31-32(18(5)6,19(7)8)20(9)10/h13-14,16-24,27-28H,15H2,1-12H3/b14-13-/t21-,22+,23-,24+/m1/s1. The molecule has 190 valence electrons. The van der Waals surface area contributed by atoms with E-state index in [4.69, 9.17) is 9.16 Å². The molecule has 0 aliphatic heterocycles. The van der Waals surface area contributed by atoms with Crippen LogP contribution < -0.4 is 0 Å². The topological polar surface area (TPSA) is 79.2 Å². The van der Waals surface area contributed by atoms with E-state index in [9.17, 15) is 15.0 Å². The highest BCUT2D eigenvalue weighted by molar-refractivity contribution is 6.77. The maximum Gasteiger partial charge on any atom is 0.415 e. The van der Waals surface area contributed by atoms with Crippen LogP contribution in [-0.2, 0) is 9.16 Å². The van der Waals surface area contributed by atoms with E-state index in [1.165, 1.54) is 6.26 Å². The molecule has 0 aliphatic carbocycles. The molecular weight excluding hydrogens is 422 g/mol. The SMILES string of the molecule is CC(C)N(C(=O)O/C=C\[C@@H](C)[C@H](O)[C@@H](C)[C@@H](CO)O[Si](C(C)C)(C(C)C)C(C)C)C(C)C. The minimum atomic E-state index is -2.19. The van der Waals surface area contributed by atoms with Crippen LogP contribution in [0.25, 0.3) is 0 Å². The van der Waals surface area contributed by atoms with E-state index in [0.29, 0.717) is 16.6 Å². The molecule has 0 rings (SSSR count). The van der Waals surface area contributed by atoms with Gasteiger partial charge < -0.3 is 24.3 Å². The predicted molar refractivity (Wildman–Crippen MR) is 135 cm³/mol. The zero-order valence-electron chi connectivity index (χ0n) is 22.6. The second-order valence-corrected chi connectivity index (χ2v) is 16.1. The highest BCUT2D eigenvalue weighted by Crippen LogP contribution is 2.44. The van der Waals surface area contributed by atoms with Gasteiger partial charge in [0, 0.05) is 23.9 Å². The van der Waals surface area contributed by atoms with Crippen molar-refractivity contribution in [1.82, 2.24) is 4.90 Å². The van der Waals surface area contributed by atoms with Crippen molar-refractivity contribution in [3.8, 4) is 0 Å². The maximum absolute atomic E-state index is 12.4. The lowest BCUT2D eigenvalue weighted by molar-refractivity contribution is -0.0165. The first-order valence-corrected chi connectivity index (χ1v) is 14.4. The molecule has 2 N–H and O–H groups in total. The van der Waals surface area contributed by atoms with Gasteiger partial charge in [-0.05, 0) is 50.4 Å². The van der Waals surface area contributed by atoms with Crippen molar-refractivity contribution in [2.45, 2.75) is 124 Å². The number of amides is 1. The van der Waals surface area contributed by atoms with Crippen molar-refractivity contribution in [3.63, 3.8) is 0 Å². The quantitative estimate of drug-likeness (QED) is 0.255. The van der Waals surface area contributed by atoms with Crippen molar-refractivity contribution in [2.75, 3.05) is 6.61 Å². The summed E-state index contributed by atoms with van der Waals surface area (Å²) in [5.74, 6) is -0.545. The van der Waals surface area contributed by atoms with E-state index in [2.05, 4.69) is 41.5 Å². The number of nitrogens with zero attached hydrogens (tertiary/aromatic N) is 1. The van der Waals surface area contributed by atoms with Gasteiger partial charge in [0.1, 0.15) is 0 Å². The number of carbonyl (C=O) groups is 1. The number of carbonyl (C=O) groups excluding carboxylic acids is 1. The van der Waals surface area contributed by atoms with E-state index in [-0.39, 0.29) is 30.5 Å². The third-order valence-corrected chi connectivity index (χ3v) is 12.9. The van der Waals surface area contributed by atoms with Crippen molar-refractivity contribution < 1.29 is 24.2 Å². The maximum atomic E-state index is 12.4. The average molecular weight is 474 g/mol. The summed E-state index contributed by atoms with van der Waals surface area (Å²) < 4.78 is 12.1. The molecule has 7 heteroatoms. The largest absolute Gasteiger partial charge is 0.418 e. The highest BCUT2D eigenvalue weighted by atomic mass is 28.4. The van der Waals surface area contributed by atoms with Gasteiger partial charge in [-0.1, -0.05) is 55.4 Å². The number of aliphatic hydroxyl groups excluding tert-OH is 2. The molecule has 0 heterocycles. The molecule has 0 saturated heterocycles. The lowest BCUT2D eigenvalue weighted by Gasteiger charge is -2.46. The van der Waals surface area contributed by atoms with Gasteiger partial charge >= 0.3 is 6.09 Å². The Bertz CT molecular complexity index is 547. The molecule has 0 aromatic rings. The van der Waals surface area contributed by atoms with Crippen molar-refractivity contribution in [1.29, 1.82) is 0 Å². The van der Waals surface area contributed by atoms with E-state index < -0.39 is 26.6 Å². The predicted octanol–water partition coefficient (Wildman–Crippen LogP) is 5.94. The van der Waals surface area contributed by atoms with Crippen LogP contribution >= 0.6 is 0 Å². The monoisotopic (exact) mass is 473 g/mol. The van der Waals surface area contributed by atoms with Crippen LogP contribution in [-0.4, -0.2) is 60.4 Å². The number of hydrogen-bond acceptors (Lipinski definition) is 5. The molecule has 32 heavy (non-hydrogen) atoms. The molecule has 4 atom stereocenters. The Morgan fingerprint density at radius 2 is 1.31 bits per heavy atom. The van der Waals surface area contributed by atoms with Gasteiger partial charge in [-0.25, -0.2) is 4.79 Å². The van der Waals surface area contributed by atoms with Gasteiger partial charge in [-0.3, -0.25) is 0 Å². The van der Waals surface area contributed by atoms with E-state index in [1.807, 2.05) is 41.5 Å². The normalized spacial score (nSPS) is 17.0. The molecule has 0 aromatic carbocycles. The zero-order valence-corrected chi connectivity index (χ0v) is 23.6. The first kappa shape index (κ1) is 31.1. The van der Waals surface area contributed by atoms with Crippen molar-refractivity contribution in [2.24, 2.45) is 11.8 Å². The highest BCUT2D eigenvalue weighted by Gasteiger charge is 2.47. The average Bonchev–Trinajstić information content (AvgIpc) is 2.66. The molecule has 0 bridgehead atoms. The summed E-state index contributed by atoms with van der Waals surface area (Å²) in [5.41, 5.74) is 1.17. The van der Waals surface area contributed by atoms with Gasteiger partial charge in [-0.15, -0.1) is 0 Å². The summed E-state index contributed by atoms with van der Waals surface area (Å²) in [7, 11) is -2.19. The Morgan fingerprint density at radius 1 is 0.875 bits per heavy atom. The Kier molecular flexibility index (Phi) is 13.3. The molecular formula is C25H51NO5Si. The van der Waals surface area contributed by atoms with Crippen LogP contribution in [0.5, 0.6) is 0 Å². The second-order valence-electron chi connectivity index (χ2n) is 10.7. The molecule has 0 fully saturated rings. The number of hydrogen-bond donors (Lipinski definition) is 2. The van der Waals surface area contributed by atoms with Gasteiger partial charge in [-0.2, -0.15) is 0 Å². The molecule has 0 radical (unpaired) electrons. The number of rotatable bonds is 13. The molecule has 0 spiro atoms. The smallest absolute Gasteiger partial charge is 0.415 e. The third kappa shape index (κ3) is 7.85. The van der Waals surface area contributed by atoms with Gasteiger partial charge in [0.25, 0.3) is 0 Å². The second kappa shape index (κ2) is 13.7. The number of aliphatic hydroxyl groups is 2. The fraction of sp³-hybridized carbons (Fsp3) is 0.880. The zero-order chi connectivity index (χ0) is 25.4. The Balaban J connectivity index is 5.35.